The van der Waals surface area contributed by atoms with Gasteiger partial charge in [-0.25, -0.2) is 13.1 Å². The molecule has 0 amide bonds. The molecule has 1 fully saturated rings. The Labute approximate surface area is 131 Å². The zero-order valence-electron chi connectivity index (χ0n) is 12.5. The van der Waals surface area contributed by atoms with Crippen LogP contribution in [0.2, 0.25) is 0 Å². The molecule has 1 aromatic carbocycles. The summed E-state index contributed by atoms with van der Waals surface area (Å²) in [5, 5.41) is 10.1. The molecule has 1 aliphatic carbocycles. The Kier molecular flexibility index (Phi) is 5.71. The summed E-state index contributed by atoms with van der Waals surface area (Å²) in [6.45, 7) is 3.76. The van der Waals surface area contributed by atoms with E-state index in [1.54, 1.807) is 31.2 Å². The van der Waals surface area contributed by atoms with Crippen LogP contribution in [0.25, 0.3) is 0 Å². The Morgan fingerprint density at radius 1 is 1.43 bits per heavy atom. The molecule has 1 aromatic rings. The molecule has 1 aliphatic rings. The van der Waals surface area contributed by atoms with Gasteiger partial charge in [0.15, 0.2) is 0 Å². The van der Waals surface area contributed by atoms with E-state index in [1.807, 2.05) is 11.8 Å². The van der Waals surface area contributed by atoms with Crippen LogP contribution >= 0.6 is 11.8 Å². The minimum atomic E-state index is -3.51. The molecule has 118 valence electrons. The highest BCUT2D eigenvalue weighted by molar-refractivity contribution is 7.99. The lowest BCUT2D eigenvalue weighted by atomic mass is 10.1. The minimum Gasteiger partial charge on any atom is -0.389 e. The highest BCUT2D eigenvalue weighted by Gasteiger charge is 2.28. The monoisotopic (exact) mass is 329 g/mol. The molecule has 3 atom stereocenters. The number of benzene rings is 1. The lowest BCUT2D eigenvalue weighted by Gasteiger charge is -2.14. The van der Waals surface area contributed by atoms with Crippen molar-refractivity contribution in [2.75, 3.05) is 5.75 Å². The molecule has 0 bridgehead atoms. The van der Waals surface area contributed by atoms with Gasteiger partial charge in [0.2, 0.25) is 10.0 Å². The lowest BCUT2D eigenvalue weighted by molar-refractivity contribution is 0.199. The van der Waals surface area contributed by atoms with Gasteiger partial charge < -0.3 is 5.11 Å². The summed E-state index contributed by atoms with van der Waals surface area (Å²) in [6.07, 6.45) is 2.19. The van der Waals surface area contributed by atoms with Crippen molar-refractivity contribution in [1.82, 2.24) is 4.72 Å². The topological polar surface area (TPSA) is 66.4 Å². The van der Waals surface area contributed by atoms with Crippen LogP contribution in [-0.2, 0) is 10.0 Å². The number of aliphatic hydroxyl groups excluding tert-OH is 1. The van der Waals surface area contributed by atoms with E-state index in [-0.39, 0.29) is 10.9 Å². The predicted molar refractivity (Wildman–Crippen MR) is 87.0 cm³/mol. The van der Waals surface area contributed by atoms with Crippen LogP contribution in [-0.4, -0.2) is 30.6 Å². The zero-order chi connectivity index (χ0) is 15.5. The van der Waals surface area contributed by atoms with Gasteiger partial charge in [-0.3, -0.25) is 0 Å². The lowest BCUT2D eigenvalue weighted by Crippen LogP contribution is -2.33. The van der Waals surface area contributed by atoms with Gasteiger partial charge >= 0.3 is 0 Å². The summed E-state index contributed by atoms with van der Waals surface area (Å²) in [5.74, 6) is 1.07. The molecule has 0 aromatic heterocycles. The molecule has 2 rings (SSSR count). The Morgan fingerprint density at radius 2 is 2.19 bits per heavy atom. The van der Waals surface area contributed by atoms with Crippen molar-refractivity contribution in [3.05, 3.63) is 29.8 Å². The summed E-state index contributed by atoms with van der Waals surface area (Å²) >= 11 is 1.90. The average Bonchev–Trinajstić information content (AvgIpc) is 2.86. The van der Waals surface area contributed by atoms with Gasteiger partial charge in [0, 0.05) is 11.3 Å². The third-order valence-electron chi connectivity index (χ3n) is 3.76. The summed E-state index contributed by atoms with van der Waals surface area (Å²) in [5.41, 5.74) is 0.615. The Bertz CT molecular complexity index is 572. The van der Waals surface area contributed by atoms with Gasteiger partial charge in [-0.15, -0.1) is 0 Å². The number of aliphatic hydroxyl groups is 1. The van der Waals surface area contributed by atoms with Crippen LogP contribution in [0.3, 0.4) is 0 Å². The van der Waals surface area contributed by atoms with Crippen molar-refractivity contribution in [3.63, 3.8) is 0 Å². The third-order valence-corrected chi connectivity index (χ3v) is 6.51. The molecule has 3 unspecified atom stereocenters. The first kappa shape index (κ1) is 16.8. The van der Waals surface area contributed by atoms with E-state index in [0.717, 1.165) is 25.0 Å². The van der Waals surface area contributed by atoms with E-state index in [0.29, 0.717) is 10.8 Å². The second-order valence-corrected chi connectivity index (χ2v) is 8.75. The Morgan fingerprint density at radius 3 is 2.86 bits per heavy atom. The number of nitrogens with one attached hydrogen (secondary N) is 1. The number of sulfonamides is 1. The van der Waals surface area contributed by atoms with E-state index >= 15 is 0 Å². The van der Waals surface area contributed by atoms with Gasteiger partial charge in [-0.1, -0.05) is 19.1 Å². The van der Waals surface area contributed by atoms with E-state index < -0.39 is 16.1 Å². The Hall–Kier alpha value is -0.560. The normalized spacial score (nSPS) is 24.1. The van der Waals surface area contributed by atoms with Gasteiger partial charge in [-0.05, 0) is 49.6 Å². The predicted octanol–water partition coefficient (Wildman–Crippen LogP) is 2.69. The SMILES string of the molecule is CCSC1CCC(NS(=O)(=O)c2cccc(C(C)O)c2)C1. The molecule has 0 heterocycles. The molecule has 0 saturated heterocycles. The van der Waals surface area contributed by atoms with Crippen LogP contribution in [0.4, 0.5) is 0 Å². The first-order valence-corrected chi connectivity index (χ1v) is 9.87. The second-order valence-electron chi connectivity index (χ2n) is 5.46. The first-order valence-electron chi connectivity index (χ1n) is 7.34. The highest BCUT2D eigenvalue weighted by Crippen LogP contribution is 2.30. The first-order chi connectivity index (χ1) is 9.92. The third kappa shape index (κ3) is 4.45. The fourth-order valence-electron chi connectivity index (χ4n) is 2.66. The fourth-order valence-corrected chi connectivity index (χ4v) is 5.14. The number of hydrogen-bond donors (Lipinski definition) is 2. The maximum atomic E-state index is 12.4. The summed E-state index contributed by atoms with van der Waals surface area (Å²) in [6, 6.07) is 6.53. The fraction of sp³-hybridized carbons (Fsp3) is 0.600. The van der Waals surface area contributed by atoms with Crippen molar-refractivity contribution >= 4 is 21.8 Å². The maximum Gasteiger partial charge on any atom is 0.240 e. The van der Waals surface area contributed by atoms with Crippen LogP contribution in [0.5, 0.6) is 0 Å². The molecule has 0 radical (unpaired) electrons. The molecule has 4 nitrogen and oxygen atoms in total. The molecule has 1 saturated carbocycles. The molecule has 2 N–H and O–H groups in total. The molecule has 0 spiro atoms. The Balaban J connectivity index is 2.07. The van der Waals surface area contributed by atoms with Crippen molar-refractivity contribution < 1.29 is 13.5 Å². The highest BCUT2D eigenvalue weighted by atomic mass is 32.2. The minimum absolute atomic E-state index is 0.0225. The molecule has 21 heavy (non-hydrogen) atoms. The zero-order valence-corrected chi connectivity index (χ0v) is 14.1. The van der Waals surface area contributed by atoms with Gasteiger partial charge in [0.05, 0.1) is 11.0 Å². The van der Waals surface area contributed by atoms with Crippen LogP contribution in [0.15, 0.2) is 29.2 Å². The van der Waals surface area contributed by atoms with Crippen LogP contribution < -0.4 is 4.72 Å². The average molecular weight is 329 g/mol. The van der Waals surface area contributed by atoms with Gasteiger partial charge in [0.1, 0.15) is 0 Å². The van der Waals surface area contributed by atoms with Crippen LogP contribution in [0, 0.1) is 0 Å². The molecular formula is C15H23NO3S2. The molecular weight excluding hydrogens is 306 g/mol. The maximum absolute atomic E-state index is 12.4. The van der Waals surface area contributed by atoms with Gasteiger partial charge in [0.25, 0.3) is 0 Å². The van der Waals surface area contributed by atoms with Crippen molar-refractivity contribution in [1.29, 1.82) is 0 Å². The van der Waals surface area contributed by atoms with Crippen molar-refractivity contribution in [2.24, 2.45) is 0 Å². The quantitative estimate of drug-likeness (QED) is 0.842. The number of hydrogen-bond acceptors (Lipinski definition) is 4. The number of thioether (sulfide) groups is 1. The second kappa shape index (κ2) is 7.13. The smallest absolute Gasteiger partial charge is 0.240 e. The van der Waals surface area contributed by atoms with Crippen molar-refractivity contribution in [3.8, 4) is 0 Å². The summed E-state index contributed by atoms with van der Waals surface area (Å²) in [7, 11) is -3.51. The largest absolute Gasteiger partial charge is 0.389 e. The van der Waals surface area contributed by atoms with Crippen molar-refractivity contribution in [2.45, 2.75) is 55.4 Å². The van der Waals surface area contributed by atoms with E-state index in [1.165, 1.54) is 0 Å². The standard InChI is InChI=1S/C15H23NO3S2/c1-3-20-14-8-7-13(10-14)16-21(18,19)15-6-4-5-12(9-15)11(2)17/h4-6,9,11,13-14,16-17H,3,7-8,10H2,1-2H3. The molecule has 6 heteroatoms. The van der Waals surface area contributed by atoms with E-state index in [4.69, 9.17) is 0 Å². The van der Waals surface area contributed by atoms with E-state index in [2.05, 4.69) is 11.6 Å². The van der Waals surface area contributed by atoms with Gasteiger partial charge in [-0.2, -0.15) is 11.8 Å². The van der Waals surface area contributed by atoms with Crippen LogP contribution in [0.1, 0.15) is 44.8 Å². The number of rotatable bonds is 6. The molecule has 0 aliphatic heterocycles. The summed E-state index contributed by atoms with van der Waals surface area (Å²) in [4.78, 5) is 0.229. The summed E-state index contributed by atoms with van der Waals surface area (Å²) < 4.78 is 27.7. The van der Waals surface area contributed by atoms with E-state index in [9.17, 15) is 13.5 Å².